The Morgan fingerprint density at radius 3 is 2.79 bits per heavy atom. The summed E-state index contributed by atoms with van der Waals surface area (Å²) in [6.07, 6.45) is 0. The molecule has 1 aliphatic rings. The van der Waals surface area contributed by atoms with Crippen molar-refractivity contribution in [3.8, 4) is 11.1 Å². The fourth-order valence-corrected chi connectivity index (χ4v) is 3.77. The highest BCUT2D eigenvalue weighted by Crippen LogP contribution is 2.31. The van der Waals surface area contributed by atoms with Gasteiger partial charge in [0, 0.05) is 17.5 Å². The van der Waals surface area contributed by atoms with Crippen LogP contribution in [0.5, 0.6) is 0 Å². The Labute approximate surface area is 172 Å². The molecule has 0 radical (unpaired) electrons. The summed E-state index contributed by atoms with van der Waals surface area (Å²) < 4.78 is 27.3. The molecule has 6 nitrogen and oxygen atoms in total. The van der Waals surface area contributed by atoms with Gasteiger partial charge in [-0.2, -0.15) is 4.99 Å². The molecule has 0 bridgehead atoms. The molecule has 1 unspecified atom stereocenters. The molecule has 1 fully saturated rings. The third kappa shape index (κ3) is 4.44. The molecule has 2 aromatic carbocycles. The van der Waals surface area contributed by atoms with Gasteiger partial charge in [0.2, 0.25) is 5.96 Å². The monoisotopic (exact) mass is 412 g/mol. The van der Waals surface area contributed by atoms with Gasteiger partial charge in [0.15, 0.2) is 5.82 Å². The lowest BCUT2D eigenvalue weighted by Crippen LogP contribution is -2.37. The molecule has 1 saturated heterocycles. The molecular formula is C21H21FN4O2S. The molecular weight excluding hydrogens is 391 g/mol. The summed E-state index contributed by atoms with van der Waals surface area (Å²) in [6, 6.07) is 16.4. The zero-order chi connectivity index (χ0) is 20.2. The number of halogens is 1. The van der Waals surface area contributed by atoms with E-state index in [1.807, 2.05) is 47.6 Å². The molecule has 0 aliphatic carbocycles. The zero-order valence-electron chi connectivity index (χ0n) is 15.9. The van der Waals surface area contributed by atoms with Gasteiger partial charge >= 0.3 is 0 Å². The van der Waals surface area contributed by atoms with E-state index in [-0.39, 0.29) is 11.7 Å². The molecule has 1 aromatic heterocycles. The van der Waals surface area contributed by atoms with Crippen LogP contribution in [0.1, 0.15) is 24.2 Å². The Morgan fingerprint density at radius 2 is 2.07 bits per heavy atom. The number of benzene rings is 2. The van der Waals surface area contributed by atoms with E-state index in [1.165, 1.54) is 18.0 Å². The average molecular weight is 412 g/mol. The minimum Gasteiger partial charge on any atom is -0.369 e. The Bertz CT molecular complexity index is 1000. The molecule has 2 heterocycles. The Balaban J connectivity index is 1.51. The van der Waals surface area contributed by atoms with Gasteiger partial charge < -0.3 is 15.0 Å². The van der Waals surface area contributed by atoms with Crippen LogP contribution in [0.4, 0.5) is 10.2 Å². The van der Waals surface area contributed by atoms with Crippen LogP contribution in [-0.2, 0) is 4.74 Å². The molecule has 150 valence electrons. The van der Waals surface area contributed by atoms with Crippen molar-refractivity contribution in [1.29, 1.82) is 0 Å². The summed E-state index contributed by atoms with van der Waals surface area (Å²) in [6.45, 7) is 3.20. The van der Waals surface area contributed by atoms with Crippen LogP contribution in [-0.4, -0.2) is 34.5 Å². The molecule has 8 heteroatoms. The number of aliphatic imine (C=N–C) groups is 1. The maximum Gasteiger partial charge on any atom is 0.208 e. The van der Waals surface area contributed by atoms with E-state index < -0.39 is 0 Å². The van der Waals surface area contributed by atoms with Crippen molar-refractivity contribution in [3.05, 3.63) is 71.7 Å². The molecule has 29 heavy (non-hydrogen) atoms. The molecule has 1 atom stereocenters. The van der Waals surface area contributed by atoms with Gasteiger partial charge in [-0.1, -0.05) is 54.5 Å². The molecule has 2 N–H and O–H groups in total. The summed E-state index contributed by atoms with van der Waals surface area (Å²) in [7, 11) is 0. The number of guanidine groups is 1. The molecule has 0 spiro atoms. The average Bonchev–Trinajstić information content (AvgIpc) is 3.23. The third-order valence-corrected chi connectivity index (χ3v) is 5.69. The molecule has 3 aromatic rings. The lowest BCUT2D eigenvalue weighted by atomic mass is 9.95. The molecule has 0 amide bonds. The van der Waals surface area contributed by atoms with Gasteiger partial charge in [-0.05, 0) is 29.1 Å². The van der Waals surface area contributed by atoms with Gasteiger partial charge in [0.05, 0.1) is 13.2 Å². The van der Waals surface area contributed by atoms with E-state index in [2.05, 4.69) is 10.1 Å². The maximum atomic E-state index is 14.7. The van der Waals surface area contributed by atoms with E-state index >= 15 is 0 Å². The Morgan fingerprint density at radius 1 is 1.24 bits per heavy atom. The molecule has 4 rings (SSSR count). The second-order valence-electron chi connectivity index (χ2n) is 6.64. The summed E-state index contributed by atoms with van der Waals surface area (Å²) in [5.41, 5.74) is 8.25. The van der Waals surface area contributed by atoms with Gasteiger partial charge in [-0.25, -0.2) is 4.39 Å². The number of rotatable bonds is 4. The number of aromatic nitrogens is 1. The first-order chi connectivity index (χ1) is 14.1. The lowest BCUT2D eigenvalue weighted by molar-refractivity contribution is 0.162. The van der Waals surface area contributed by atoms with Crippen molar-refractivity contribution in [2.75, 3.05) is 19.1 Å². The Kier molecular flexibility index (Phi) is 5.82. The van der Waals surface area contributed by atoms with Crippen LogP contribution >= 0.6 is 11.9 Å². The first-order valence-corrected chi connectivity index (χ1v) is 10.2. The fourth-order valence-electron chi connectivity index (χ4n) is 3.08. The van der Waals surface area contributed by atoms with E-state index in [9.17, 15) is 4.39 Å². The minimum atomic E-state index is -0.271. The second-order valence-corrected chi connectivity index (χ2v) is 7.58. The van der Waals surface area contributed by atoms with Crippen LogP contribution in [0.2, 0.25) is 0 Å². The topological polar surface area (TPSA) is 76.9 Å². The fraction of sp³-hybridized carbons (Fsp3) is 0.238. The summed E-state index contributed by atoms with van der Waals surface area (Å²) in [5.74, 6) is 1.43. The van der Waals surface area contributed by atoms with Crippen LogP contribution in [0.3, 0.4) is 0 Å². The number of nitrogens with two attached hydrogens (primary N) is 1. The van der Waals surface area contributed by atoms with E-state index in [0.29, 0.717) is 42.2 Å². The van der Waals surface area contributed by atoms with Crippen molar-refractivity contribution in [3.63, 3.8) is 0 Å². The zero-order valence-corrected chi connectivity index (χ0v) is 16.7. The minimum absolute atomic E-state index is 0.176. The van der Waals surface area contributed by atoms with Crippen LogP contribution < -0.4 is 5.73 Å². The van der Waals surface area contributed by atoms with Crippen LogP contribution in [0.15, 0.2) is 64.1 Å². The van der Waals surface area contributed by atoms with Gasteiger partial charge in [0.25, 0.3) is 0 Å². The van der Waals surface area contributed by atoms with Gasteiger partial charge in [-0.3, -0.25) is 4.31 Å². The second kappa shape index (κ2) is 8.67. The first-order valence-electron chi connectivity index (χ1n) is 9.25. The highest BCUT2D eigenvalue weighted by Gasteiger charge is 2.18. The largest absolute Gasteiger partial charge is 0.369 e. The van der Waals surface area contributed by atoms with Crippen molar-refractivity contribution in [1.82, 2.24) is 9.46 Å². The maximum absolute atomic E-state index is 14.7. The summed E-state index contributed by atoms with van der Waals surface area (Å²) >= 11 is 1.46. The number of hydrogen-bond donors (Lipinski definition) is 1. The predicted octanol–water partition coefficient (Wildman–Crippen LogP) is 4.52. The normalized spacial score (nSPS) is 16.1. The van der Waals surface area contributed by atoms with Crippen molar-refractivity contribution in [2.24, 2.45) is 10.7 Å². The standard InChI is InChI=1S/C21H21FN4O2S/c1-14(16-7-8-17(18(22)11-16)15-5-3-2-4-6-15)19-12-20(25-28-19)24-21(23)26-9-10-27-13-29-26/h2-8,11-12,14H,9-10,13H2,1H3,(H2,23,24,25). The van der Waals surface area contributed by atoms with Gasteiger partial charge in [-0.15, -0.1) is 0 Å². The third-order valence-electron chi connectivity index (χ3n) is 4.74. The van der Waals surface area contributed by atoms with Crippen molar-refractivity contribution >= 4 is 23.7 Å². The predicted molar refractivity (Wildman–Crippen MR) is 112 cm³/mol. The quantitative estimate of drug-likeness (QED) is 0.386. The van der Waals surface area contributed by atoms with E-state index in [1.54, 1.807) is 12.1 Å². The van der Waals surface area contributed by atoms with E-state index in [0.717, 1.165) is 11.1 Å². The lowest BCUT2D eigenvalue weighted by Gasteiger charge is -2.25. The number of nitrogens with zero attached hydrogens (tertiary/aromatic N) is 3. The summed E-state index contributed by atoms with van der Waals surface area (Å²) in [5, 5.41) is 3.98. The SMILES string of the molecule is CC(c1ccc(-c2ccccc2)c(F)c1)c1cc(N=C(N)N2CCOCS2)no1. The van der Waals surface area contributed by atoms with Gasteiger partial charge in [0.1, 0.15) is 17.5 Å². The molecule has 1 aliphatic heterocycles. The molecule has 0 saturated carbocycles. The smallest absolute Gasteiger partial charge is 0.208 e. The highest BCUT2D eigenvalue weighted by atomic mass is 32.2. The number of ether oxygens (including phenoxy) is 1. The van der Waals surface area contributed by atoms with Crippen LogP contribution in [0, 0.1) is 5.82 Å². The summed E-state index contributed by atoms with van der Waals surface area (Å²) in [4.78, 5) is 4.32. The van der Waals surface area contributed by atoms with Crippen molar-refractivity contribution < 1.29 is 13.7 Å². The van der Waals surface area contributed by atoms with Crippen molar-refractivity contribution in [2.45, 2.75) is 12.8 Å². The van der Waals surface area contributed by atoms with Crippen LogP contribution in [0.25, 0.3) is 11.1 Å². The Hall–Kier alpha value is -2.84. The first kappa shape index (κ1) is 19.5. The highest BCUT2D eigenvalue weighted by molar-refractivity contribution is 7.97. The van der Waals surface area contributed by atoms with E-state index in [4.69, 9.17) is 15.0 Å². The number of hydrogen-bond acceptors (Lipinski definition) is 5.